The Hall–Kier alpha value is -0.0800. The van der Waals surface area contributed by atoms with Crippen LogP contribution in [0.2, 0.25) is 0 Å². The summed E-state index contributed by atoms with van der Waals surface area (Å²) in [5.41, 5.74) is 5.80. The third-order valence-corrected chi connectivity index (χ3v) is 4.56. The van der Waals surface area contributed by atoms with Gasteiger partial charge in [0.25, 0.3) is 0 Å². The van der Waals surface area contributed by atoms with Gasteiger partial charge in [0.1, 0.15) is 0 Å². The van der Waals surface area contributed by atoms with E-state index in [9.17, 15) is 0 Å². The van der Waals surface area contributed by atoms with Gasteiger partial charge in [0.15, 0.2) is 0 Å². The second-order valence-corrected chi connectivity index (χ2v) is 5.89. The average Bonchev–Trinajstić information content (AvgIpc) is 2.79. The molecular formula is C14H28N2. The molecule has 0 saturated heterocycles. The normalized spacial score (nSPS) is 32.4. The van der Waals surface area contributed by atoms with Gasteiger partial charge in [-0.2, -0.15) is 0 Å². The van der Waals surface area contributed by atoms with Crippen LogP contribution in [0.5, 0.6) is 0 Å². The van der Waals surface area contributed by atoms with Gasteiger partial charge in [-0.3, -0.25) is 4.90 Å². The van der Waals surface area contributed by atoms with Gasteiger partial charge < -0.3 is 5.73 Å². The maximum atomic E-state index is 5.80. The lowest BCUT2D eigenvalue weighted by molar-refractivity contribution is 0.0937. The second kappa shape index (κ2) is 6.02. The zero-order valence-corrected chi connectivity index (χ0v) is 10.8. The summed E-state index contributed by atoms with van der Waals surface area (Å²) < 4.78 is 0. The van der Waals surface area contributed by atoms with Gasteiger partial charge in [0.2, 0.25) is 0 Å². The number of rotatable bonds is 4. The van der Waals surface area contributed by atoms with Crippen molar-refractivity contribution in [2.24, 2.45) is 11.7 Å². The van der Waals surface area contributed by atoms with Gasteiger partial charge in [-0.25, -0.2) is 0 Å². The van der Waals surface area contributed by atoms with Crippen molar-refractivity contribution in [3.05, 3.63) is 0 Å². The standard InChI is InChI=1S/C14H28N2/c1-12-5-4-8-14(11-12)16(10-9-15)13-6-2-3-7-13/h12-14H,2-11,15H2,1H3. The predicted molar refractivity (Wildman–Crippen MR) is 69.4 cm³/mol. The van der Waals surface area contributed by atoms with E-state index in [-0.39, 0.29) is 0 Å². The fraction of sp³-hybridized carbons (Fsp3) is 1.00. The highest BCUT2D eigenvalue weighted by atomic mass is 15.2. The SMILES string of the molecule is CC1CCCC(N(CCN)C2CCCC2)C1. The highest BCUT2D eigenvalue weighted by molar-refractivity contribution is 4.86. The smallest absolute Gasteiger partial charge is 0.0110 e. The Morgan fingerprint density at radius 3 is 2.31 bits per heavy atom. The molecule has 0 bridgehead atoms. The zero-order valence-electron chi connectivity index (χ0n) is 10.8. The van der Waals surface area contributed by atoms with Crippen LogP contribution < -0.4 is 5.73 Å². The summed E-state index contributed by atoms with van der Waals surface area (Å²) in [5.74, 6) is 0.931. The molecule has 0 aromatic rings. The van der Waals surface area contributed by atoms with E-state index in [4.69, 9.17) is 5.73 Å². The molecule has 0 spiro atoms. The van der Waals surface area contributed by atoms with Crippen LogP contribution in [0.4, 0.5) is 0 Å². The third kappa shape index (κ3) is 2.98. The fourth-order valence-electron chi connectivity index (χ4n) is 3.75. The summed E-state index contributed by atoms with van der Waals surface area (Å²) in [6.07, 6.45) is 11.4. The minimum absolute atomic E-state index is 0.835. The maximum absolute atomic E-state index is 5.80. The van der Waals surface area contributed by atoms with Crippen molar-refractivity contribution in [1.82, 2.24) is 4.90 Å². The topological polar surface area (TPSA) is 29.3 Å². The lowest BCUT2D eigenvalue weighted by Crippen LogP contribution is -2.46. The Morgan fingerprint density at radius 2 is 1.69 bits per heavy atom. The molecule has 2 saturated carbocycles. The Kier molecular flexibility index (Phi) is 4.66. The van der Waals surface area contributed by atoms with Crippen LogP contribution >= 0.6 is 0 Å². The minimum atomic E-state index is 0.835. The van der Waals surface area contributed by atoms with Crippen molar-refractivity contribution in [2.45, 2.75) is 70.4 Å². The molecule has 16 heavy (non-hydrogen) atoms. The maximum Gasteiger partial charge on any atom is 0.0110 e. The van der Waals surface area contributed by atoms with Crippen molar-refractivity contribution in [3.63, 3.8) is 0 Å². The van der Waals surface area contributed by atoms with Crippen LogP contribution in [0, 0.1) is 5.92 Å². The molecule has 2 fully saturated rings. The molecule has 0 heterocycles. The van der Waals surface area contributed by atoms with Crippen molar-refractivity contribution >= 4 is 0 Å². The fourth-order valence-corrected chi connectivity index (χ4v) is 3.75. The third-order valence-electron chi connectivity index (χ3n) is 4.56. The number of hydrogen-bond acceptors (Lipinski definition) is 2. The predicted octanol–water partition coefficient (Wildman–Crippen LogP) is 2.77. The molecule has 2 heteroatoms. The highest BCUT2D eigenvalue weighted by Crippen LogP contribution is 2.32. The van der Waals surface area contributed by atoms with Gasteiger partial charge in [0, 0.05) is 25.2 Å². The van der Waals surface area contributed by atoms with E-state index in [0.717, 1.165) is 31.1 Å². The van der Waals surface area contributed by atoms with E-state index in [1.807, 2.05) is 0 Å². The van der Waals surface area contributed by atoms with Gasteiger partial charge in [-0.1, -0.05) is 32.6 Å². The molecule has 0 aliphatic heterocycles. The van der Waals surface area contributed by atoms with E-state index in [0.29, 0.717) is 0 Å². The molecule has 2 aliphatic rings. The van der Waals surface area contributed by atoms with E-state index in [1.165, 1.54) is 51.4 Å². The number of nitrogens with zero attached hydrogens (tertiary/aromatic N) is 1. The molecule has 94 valence electrons. The lowest BCUT2D eigenvalue weighted by Gasteiger charge is -2.40. The van der Waals surface area contributed by atoms with Gasteiger partial charge in [-0.05, 0) is 31.6 Å². The van der Waals surface area contributed by atoms with Crippen molar-refractivity contribution in [1.29, 1.82) is 0 Å². The Balaban J connectivity index is 1.93. The zero-order chi connectivity index (χ0) is 11.4. The van der Waals surface area contributed by atoms with Crippen molar-refractivity contribution in [2.75, 3.05) is 13.1 Å². The first-order valence-electron chi connectivity index (χ1n) is 7.27. The van der Waals surface area contributed by atoms with E-state index >= 15 is 0 Å². The first kappa shape index (κ1) is 12.4. The summed E-state index contributed by atoms with van der Waals surface area (Å²) >= 11 is 0. The van der Waals surface area contributed by atoms with E-state index in [1.54, 1.807) is 0 Å². The minimum Gasteiger partial charge on any atom is -0.329 e. The van der Waals surface area contributed by atoms with Gasteiger partial charge in [-0.15, -0.1) is 0 Å². The number of nitrogens with two attached hydrogens (primary N) is 1. The second-order valence-electron chi connectivity index (χ2n) is 5.89. The van der Waals surface area contributed by atoms with E-state index in [2.05, 4.69) is 11.8 Å². The summed E-state index contributed by atoms with van der Waals surface area (Å²) in [6, 6.07) is 1.70. The molecule has 0 radical (unpaired) electrons. The van der Waals surface area contributed by atoms with Crippen LogP contribution in [0.15, 0.2) is 0 Å². The summed E-state index contributed by atoms with van der Waals surface area (Å²) in [6.45, 7) is 4.38. The Bertz CT molecular complexity index is 199. The van der Waals surface area contributed by atoms with E-state index < -0.39 is 0 Å². The molecular weight excluding hydrogens is 196 g/mol. The molecule has 0 amide bonds. The van der Waals surface area contributed by atoms with Gasteiger partial charge >= 0.3 is 0 Å². The monoisotopic (exact) mass is 224 g/mol. The summed E-state index contributed by atoms with van der Waals surface area (Å²) in [4.78, 5) is 2.77. The van der Waals surface area contributed by atoms with Crippen LogP contribution in [-0.2, 0) is 0 Å². The Labute approximate surface area is 101 Å². The lowest BCUT2D eigenvalue weighted by atomic mass is 9.85. The summed E-state index contributed by atoms with van der Waals surface area (Å²) in [5, 5.41) is 0. The quantitative estimate of drug-likeness (QED) is 0.795. The van der Waals surface area contributed by atoms with Crippen molar-refractivity contribution < 1.29 is 0 Å². The molecule has 2 rings (SSSR count). The summed E-state index contributed by atoms with van der Waals surface area (Å²) in [7, 11) is 0. The molecule has 2 aliphatic carbocycles. The molecule has 2 nitrogen and oxygen atoms in total. The van der Waals surface area contributed by atoms with Crippen molar-refractivity contribution in [3.8, 4) is 0 Å². The van der Waals surface area contributed by atoms with Gasteiger partial charge in [0.05, 0.1) is 0 Å². The molecule has 2 unspecified atom stereocenters. The first-order chi connectivity index (χ1) is 7.81. The molecule has 0 aromatic carbocycles. The van der Waals surface area contributed by atoms with Crippen LogP contribution in [0.25, 0.3) is 0 Å². The Morgan fingerprint density at radius 1 is 1.00 bits per heavy atom. The van der Waals surface area contributed by atoms with Crippen LogP contribution in [0.1, 0.15) is 58.3 Å². The first-order valence-corrected chi connectivity index (χ1v) is 7.27. The number of hydrogen-bond donors (Lipinski definition) is 1. The average molecular weight is 224 g/mol. The molecule has 2 atom stereocenters. The van der Waals surface area contributed by atoms with Crippen LogP contribution in [0.3, 0.4) is 0 Å². The molecule has 2 N–H and O–H groups in total. The molecule has 0 aromatic heterocycles. The van der Waals surface area contributed by atoms with Crippen LogP contribution in [-0.4, -0.2) is 30.1 Å². The largest absolute Gasteiger partial charge is 0.329 e. The highest BCUT2D eigenvalue weighted by Gasteiger charge is 2.30.